The van der Waals surface area contributed by atoms with Crippen molar-refractivity contribution in [2.75, 3.05) is 14.7 Å². The van der Waals surface area contributed by atoms with E-state index in [1.807, 2.05) is 24.3 Å². The second-order valence-corrected chi connectivity index (χ2v) is 32.2. The van der Waals surface area contributed by atoms with Gasteiger partial charge in [0.25, 0.3) is 13.4 Å². The molecule has 0 unspecified atom stereocenters. The molecule has 4 aliphatic heterocycles. The molecule has 4 nitrogen and oxygen atoms in total. The number of hydrogen-bond donors (Lipinski definition) is 0. The second kappa shape index (κ2) is 23.6. The van der Waals surface area contributed by atoms with Gasteiger partial charge in [-0.2, -0.15) is 0 Å². The maximum Gasteiger partial charge on any atom is 0.256 e. The minimum Gasteiger partial charge on any atom is -0.458 e. The molecule has 0 bridgehead atoms. The third kappa shape index (κ3) is 9.22. The fourth-order valence-corrected chi connectivity index (χ4v) is 19.5. The maximum atomic E-state index is 9.14. The Labute approximate surface area is 645 Å². The van der Waals surface area contributed by atoms with Crippen molar-refractivity contribution in [3.63, 3.8) is 0 Å². The van der Waals surface area contributed by atoms with Gasteiger partial charge in [0.15, 0.2) is 0 Å². The lowest BCUT2D eigenvalue weighted by Crippen LogP contribution is -2.64. The van der Waals surface area contributed by atoms with E-state index in [2.05, 4.69) is 347 Å². The van der Waals surface area contributed by atoms with E-state index in [-0.39, 0.29) is 54.0 Å². The molecule has 0 amide bonds. The van der Waals surface area contributed by atoms with Crippen molar-refractivity contribution in [3.05, 3.63) is 379 Å². The van der Waals surface area contributed by atoms with Crippen molar-refractivity contribution >= 4 is 108 Å². The summed E-state index contributed by atoms with van der Waals surface area (Å²) in [6, 6.07) is 115. The molecule has 6 aliphatic rings. The number of para-hydroxylation sites is 3. The fourth-order valence-electron chi connectivity index (χ4n) is 19.5. The Morgan fingerprint density at radius 1 is 0.312 bits per heavy atom. The van der Waals surface area contributed by atoms with Crippen molar-refractivity contribution in [3.8, 4) is 78.3 Å². The molecule has 0 fully saturated rings. The largest absolute Gasteiger partial charge is 0.458 e. The topological polar surface area (TPSA) is 19.0 Å². The van der Waals surface area contributed by atoms with Crippen LogP contribution in [0.3, 0.4) is 0 Å². The van der Waals surface area contributed by atoms with E-state index >= 15 is 0 Å². The molecule has 4 heterocycles. The van der Waals surface area contributed by atoms with Gasteiger partial charge < -0.3 is 19.4 Å². The molecule has 0 radical (unpaired) electrons. The van der Waals surface area contributed by atoms with Crippen molar-refractivity contribution in [1.29, 1.82) is 0 Å². The summed E-state index contributed by atoms with van der Waals surface area (Å²) in [7, 11) is 0. The van der Waals surface area contributed by atoms with Crippen LogP contribution in [-0.2, 0) is 16.2 Å². The molecule has 0 saturated carbocycles. The number of benzene rings is 16. The molecule has 109 heavy (non-hydrogen) atoms. The van der Waals surface area contributed by atoms with Crippen molar-refractivity contribution < 1.29 is 11.6 Å². The molecule has 0 atom stereocenters. The van der Waals surface area contributed by atoms with Crippen molar-refractivity contribution in [2.24, 2.45) is 0 Å². The quantitative estimate of drug-likeness (QED) is 0.148. The van der Waals surface area contributed by atoms with Gasteiger partial charge in [-0.05, 0) is 211 Å². The number of hydrogen-bond acceptors (Lipinski definition) is 4. The predicted molar refractivity (Wildman–Crippen MR) is 459 cm³/mol. The van der Waals surface area contributed by atoms with E-state index in [0.29, 0.717) is 5.56 Å². The van der Waals surface area contributed by atoms with Gasteiger partial charge in [-0.3, -0.25) is 0 Å². The number of anilines is 9. The number of ether oxygens (including phenoxy) is 1. The Bertz CT molecular complexity index is 6680. The summed E-state index contributed by atoms with van der Waals surface area (Å²) >= 11 is 0. The van der Waals surface area contributed by atoms with Crippen LogP contribution in [-0.4, -0.2) is 13.4 Å². The zero-order valence-electron chi connectivity index (χ0n) is 66.4. The normalized spacial score (nSPS) is 14.7. The van der Waals surface area contributed by atoms with E-state index in [4.69, 9.17) is 11.6 Å². The second-order valence-electron chi connectivity index (χ2n) is 32.2. The molecule has 0 aromatic heterocycles. The van der Waals surface area contributed by atoms with Gasteiger partial charge in [-0.15, -0.1) is 0 Å². The van der Waals surface area contributed by atoms with Crippen LogP contribution in [0.15, 0.2) is 346 Å². The lowest BCUT2D eigenvalue weighted by atomic mass is 9.30. The first-order chi connectivity index (χ1) is 55.4. The van der Waals surface area contributed by atoms with Crippen molar-refractivity contribution in [2.45, 2.75) is 57.8 Å². The highest BCUT2D eigenvalue weighted by Gasteiger charge is 2.54. The van der Waals surface area contributed by atoms with E-state index < -0.39 is 11.5 Å². The van der Waals surface area contributed by atoms with E-state index in [1.54, 1.807) is 0 Å². The summed E-state index contributed by atoms with van der Waals surface area (Å²) in [6.07, 6.45) is 0. The number of fused-ring (bicyclic) bond motifs is 20. The molecular formula is C103H75B2N3O. The smallest absolute Gasteiger partial charge is 0.256 e. The van der Waals surface area contributed by atoms with Crippen molar-refractivity contribution in [1.82, 2.24) is 0 Å². The first-order valence-corrected chi connectivity index (χ1v) is 38.1. The average Bonchev–Trinajstić information content (AvgIpc) is 1.43. The Balaban J connectivity index is 0.833. The van der Waals surface area contributed by atoms with E-state index in [1.165, 1.54) is 61.1 Å². The number of rotatable bonds is 7. The predicted octanol–water partition coefficient (Wildman–Crippen LogP) is 22.9. The molecule has 22 rings (SSSR count). The summed E-state index contributed by atoms with van der Waals surface area (Å²) in [4.78, 5) is 7.47. The van der Waals surface area contributed by atoms with Crippen LogP contribution in [0.2, 0.25) is 0 Å². The molecule has 1 spiro atoms. The van der Waals surface area contributed by atoms with Gasteiger partial charge in [-0.1, -0.05) is 308 Å². The van der Waals surface area contributed by atoms with Crippen LogP contribution >= 0.6 is 0 Å². The first kappa shape index (κ1) is 58.3. The summed E-state index contributed by atoms with van der Waals surface area (Å²) in [5.74, 6) is 1.51. The lowest BCUT2D eigenvalue weighted by Gasteiger charge is -2.46. The van der Waals surface area contributed by atoms with Gasteiger partial charge in [0.05, 0.1) is 23.6 Å². The van der Waals surface area contributed by atoms with Gasteiger partial charge >= 0.3 is 0 Å². The van der Waals surface area contributed by atoms with Crippen LogP contribution in [0.4, 0.5) is 51.2 Å². The molecule has 514 valence electrons. The standard InChI is InChI=1S/C103H75B2N3O/c1-101(2,3)70-58-80(66-32-13-8-14-33-66)99(81(59-70)67-34-15-9-16-35-67)108-90-49-28-26-47-86(90)105-88-62-87-91(107(73-53-50-65(51-54-73)64-30-11-7-12-31-64)93-61-71(102(4,5)6)60-92-97(93)104(87)85-46-25-27-48-89(85)106(92)72-36-17-10-18-37-72)63-94(88)109-95-57-69-56-68(52-55-75(69)100(108)98(95)105)74-41-29-42-79-78-40-21-24-45-84(78)103(96(74)79)82-43-22-19-38-76(82)77-39-20-23-44-83(77)103/h7-63H,1-6H3/i7D,11D,12D,30D,31D. The van der Waals surface area contributed by atoms with Gasteiger partial charge in [0.1, 0.15) is 11.5 Å². The Kier molecular flexibility index (Phi) is 12.6. The molecule has 16 aromatic rings. The minimum atomic E-state index is -0.593. The highest BCUT2D eigenvalue weighted by atomic mass is 16.5. The zero-order valence-corrected chi connectivity index (χ0v) is 61.4. The van der Waals surface area contributed by atoms with E-state index in [0.717, 1.165) is 134 Å². The molecule has 0 saturated heterocycles. The Morgan fingerprint density at radius 3 is 1.40 bits per heavy atom. The lowest BCUT2D eigenvalue weighted by molar-refractivity contribution is 0.488. The maximum absolute atomic E-state index is 9.14. The van der Waals surface area contributed by atoms with E-state index in [9.17, 15) is 0 Å². The van der Waals surface area contributed by atoms with Crippen LogP contribution in [0.5, 0.6) is 11.5 Å². The third-order valence-corrected chi connectivity index (χ3v) is 24.2. The van der Waals surface area contributed by atoms with Crippen LogP contribution in [0.1, 0.15) is 81.8 Å². The Morgan fingerprint density at radius 2 is 0.798 bits per heavy atom. The third-order valence-electron chi connectivity index (χ3n) is 24.2. The first-order valence-electron chi connectivity index (χ1n) is 40.6. The molecule has 2 aliphatic carbocycles. The monoisotopic (exact) mass is 1400 g/mol. The van der Waals surface area contributed by atoms with Crippen LogP contribution in [0.25, 0.3) is 77.5 Å². The molecule has 6 heteroatoms. The minimum absolute atomic E-state index is 0.155. The van der Waals surface area contributed by atoms with Crippen LogP contribution in [0, 0.1) is 0 Å². The zero-order chi connectivity index (χ0) is 77.1. The fraction of sp³-hybridized carbons (Fsp3) is 0.0874. The summed E-state index contributed by atoms with van der Waals surface area (Å²) in [5.41, 5.74) is 34.9. The van der Waals surface area contributed by atoms with Crippen LogP contribution < -0.4 is 52.2 Å². The molecule has 16 aromatic carbocycles. The highest BCUT2D eigenvalue weighted by molar-refractivity contribution is 7.02. The summed E-state index contributed by atoms with van der Waals surface area (Å²) in [6.45, 7) is 13.2. The molecular weight excluding hydrogens is 1320 g/mol. The number of nitrogens with zero attached hydrogens (tertiary/aromatic N) is 3. The average molecular weight is 1400 g/mol. The summed E-state index contributed by atoms with van der Waals surface area (Å²) in [5, 5.41) is 2.13. The van der Waals surface area contributed by atoms with Gasteiger partial charge in [0.2, 0.25) is 0 Å². The van der Waals surface area contributed by atoms with Gasteiger partial charge in [0, 0.05) is 62.4 Å². The Hall–Kier alpha value is -12.9. The SMILES string of the molecule is [2H]c1c([2H])c([2H])c(-c2ccc(N3c4cc5c(cc4B4c6ccccc6N(c6ccccc6)c6cc(C(C)(C)C)cc3c64)B3c4ccccc4N(c4c(-c6ccccc6)cc(C(C)(C)C)cc4-c4ccccc4)c4c3c(cc3cc(-c6cccc7c6C6(c8ccccc8-c8ccccc86)c6ccccc6-7)ccc43)O5)cc2)c([2H])c1[2H]. The van der Waals surface area contributed by atoms with Gasteiger partial charge in [-0.25, -0.2) is 0 Å². The highest BCUT2D eigenvalue weighted by Crippen LogP contribution is 2.65. The summed E-state index contributed by atoms with van der Waals surface area (Å²) < 4.78 is 52.4. The molecule has 0 N–H and O–H groups in total.